The lowest BCUT2D eigenvalue weighted by Gasteiger charge is -2.20. The van der Waals surface area contributed by atoms with Crippen LogP contribution in [0.3, 0.4) is 0 Å². The first-order valence-electron chi connectivity index (χ1n) is 7.79. The fraction of sp³-hybridized carbons (Fsp3) is 0.263. The predicted octanol–water partition coefficient (Wildman–Crippen LogP) is 3.30. The van der Waals surface area contributed by atoms with Gasteiger partial charge >= 0.3 is 0 Å². The van der Waals surface area contributed by atoms with E-state index in [1.807, 2.05) is 62.4 Å². The van der Waals surface area contributed by atoms with Gasteiger partial charge in [-0.05, 0) is 43.2 Å². The molecule has 1 atom stereocenters. The monoisotopic (exact) mass is 308 g/mol. The highest BCUT2D eigenvalue weighted by atomic mass is 16.2. The maximum Gasteiger partial charge on any atom is 0.229 e. The molecule has 0 aromatic heterocycles. The van der Waals surface area contributed by atoms with Gasteiger partial charge in [0.15, 0.2) is 0 Å². The predicted molar refractivity (Wildman–Crippen MR) is 91.4 cm³/mol. The molecule has 1 aliphatic rings. The van der Waals surface area contributed by atoms with E-state index < -0.39 is 0 Å². The Balaban J connectivity index is 1.75. The van der Waals surface area contributed by atoms with E-state index in [2.05, 4.69) is 5.32 Å². The van der Waals surface area contributed by atoms with Crippen LogP contribution in [0.25, 0.3) is 0 Å². The summed E-state index contributed by atoms with van der Waals surface area (Å²) >= 11 is 0. The van der Waals surface area contributed by atoms with Crippen molar-refractivity contribution in [1.82, 2.24) is 0 Å². The van der Waals surface area contributed by atoms with Gasteiger partial charge in [-0.15, -0.1) is 0 Å². The third-order valence-corrected chi connectivity index (χ3v) is 4.40. The summed E-state index contributed by atoms with van der Waals surface area (Å²) in [4.78, 5) is 26.5. The van der Waals surface area contributed by atoms with Gasteiger partial charge in [0.2, 0.25) is 11.8 Å². The van der Waals surface area contributed by atoms with Crippen LogP contribution in [0.2, 0.25) is 0 Å². The van der Waals surface area contributed by atoms with Gasteiger partial charge in [-0.3, -0.25) is 9.59 Å². The Morgan fingerprint density at radius 2 is 1.83 bits per heavy atom. The molecule has 1 heterocycles. The Kier molecular flexibility index (Phi) is 4.15. The summed E-state index contributed by atoms with van der Waals surface area (Å²) < 4.78 is 0. The first-order valence-corrected chi connectivity index (χ1v) is 7.79. The van der Waals surface area contributed by atoms with E-state index in [-0.39, 0.29) is 24.2 Å². The largest absolute Gasteiger partial charge is 0.326 e. The summed E-state index contributed by atoms with van der Waals surface area (Å²) in [5.74, 6) is -0.410. The second-order valence-electron chi connectivity index (χ2n) is 5.98. The highest BCUT2D eigenvalue weighted by Crippen LogP contribution is 2.29. The lowest BCUT2D eigenvalue weighted by atomic mass is 10.1. The molecule has 1 N–H and O–H groups in total. The van der Waals surface area contributed by atoms with Gasteiger partial charge < -0.3 is 10.2 Å². The maximum absolute atomic E-state index is 12.4. The van der Waals surface area contributed by atoms with Crippen LogP contribution in [0.4, 0.5) is 11.4 Å². The molecular weight excluding hydrogens is 288 g/mol. The molecule has 1 fully saturated rings. The quantitative estimate of drug-likeness (QED) is 0.946. The molecule has 0 radical (unpaired) electrons. The zero-order valence-electron chi connectivity index (χ0n) is 13.4. The van der Waals surface area contributed by atoms with Gasteiger partial charge in [-0.25, -0.2) is 0 Å². The molecule has 118 valence electrons. The van der Waals surface area contributed by atoms with E-state index in [4.69, 9.17) is 0 Å². The lowest BCUT2D eigenvalue weighted by molar-refractivity contribution is -0.122. The molecule has 1 unspecified atom stereocenters. The lowest BCUT2D eigenvalue weighted by Crippen LogP contribution is -2.28. The van der Waals surface area contributed by atoms with Crippen molar-refractivity contribution in [3.63, 3.8) is 0 Å². The summed E-state index contributed by atoms with van der Waals surface area (Å²) in [6.45, 7) is 4.47. The second kappa shape index (κ2) is 6.24. The van der Waals surface area contributed by atoms with Crippen molar-refractivity contribution in [3.05, 3.63) is 59.7 Å². The maximum atomic E-state index is 12.4. The van der Waals surface area contributed by atoms with E-state index in [0.29, 0.717) is 6.54 Å². The van der Waals surface area contributed by atoms with Gasteiger partial charge in [-0.1, -0.05) is 30.3 Å². The molecule has 23 heavy (non-hydrogen) atoms. The summed E-state index contributed by atoms with van der Waals surface area (Å²) in [5, 5.41) is 2.88. The van der Waals surface area contributed by atoms with E-state index >= 15 is 0 Å². The van der Waals surface area contributed by atoms with Crippen LogP contribution in [-0.2, 0) is 9.59 Å². The SMILES string of the molecule is Cc1cccc(N2CC(C(=O)Nc3ccccc3)CC2=O)c1C. The van der Waals surface area contributed by atoms with Crippen molar-refractivity contribution in [2.45, 2.75) is 20.3 Å². The fourth-order valence-corrected chi connectivity index (χ4v) is 2.91. The Bertz CT molecular complexity index is 740. The molecule has 2 aromatic carbocycles. The molecule has 2 amide bonds. The number of hydrogen-bond acceptors (Lipinski definition) is 2. The number of benzene rings is 2. The number of nitrogens with zero attached hydrogens (tertiary/aromatic N) is 1. The molecule has 0 saturated carbocycles. The van der Waals surface area contributed by atoms with Crippen molar-refractivity contribution in [1.29, 1.82) is 0 Å². The van der Waals surface area contributed by atoms with Crippen molar-refractivity contribution in [3.8, 4) is 0 Å². The van der Waals surface area contributed by atoms with Gasteiger partial charge in [-0.2, -0.15) is 0 Å². The number of nitrogens with one attached hydrogen (secondary N) is 1. The normalized spacial score (nSPS) is 17.4. The van der Waals surface area contributed by atoms with Crippen LogP contribution in [-0.4, -0.2) is 18.4 Å². The standard InChI is InChI=1S/C19H20N2O2/c1-13-7-6-10-17(14(13)2)21-12-15(11-18(21)22)19(23)20-16-8-4-3-5-9-16/h3-10,15H,11-12H2,1-2H3,(H,20,23). The highest BCUT2D eigenvalue weighted by molar-refractivity contribution is 6.03. The van der Waals surface area contributed by atoms with Crippen molar-refractivity contribution >= 4 is 23.2 Å². The highest BCUT2D eigenvalue weighted by Gasteiger charge is 2.35. The Labute approximate surface area is 136 Å². The molecule has 1 saturated heterocycles. The van der Waals surface area contributed by atoms with Crippen molar-refractivity contribution in [2.24, 2.45) is 5.92 Å². The Hall–Kier alpha value is -2.62. The van der Waals surface area contributed by atoms with E-state index in [1.54, 1.807) is 4.90 Å². The summed E-state index contributed by atoms with van der Waals surface area (Å²) in [6.07, 6.45) is 0.256. The summed E-state index contributed by atoms with van der Waals surface area (Å²) in [5.41, 5.74) is 3.90. The molecule has 4 nitrogen and oxygen atoms in total. The molecule has 0 aliphatic carbocycles. The number of aryl methyl sites for hydroxylation is 1. The molecule has 1 aliphatic heterocycles. The summed E-state index contributed by atoms with van der Waals surface area (Å²) in [6, 6.07) is 15.2. The average Bonchev–Trinajstić information content (AvgIpc) is 2.93. The first-order chi connectivity index (χ1) is 11.1. The average molecular weight is 308 g/mol. The van der Waals surface area contributed by atoms with Crippen molar-refractivity contribution in [2.75, 3.05) is 16.8 Å². The number of rotatable bonds is 3. The van der Waals surface area contributed by atoms with Gasteiger partial charge in [0.05, 0.1) is 5.92 Å². The smallest absolute Gasteiger partial charge is 0.229 e. The van der Waals surface area contributed by atoms with Crippen LogP contribution >= 0.6 is 0 Å². The van der Waals surface area contributed by atoms with Gasteiger partial charge in [0.25, 0.3) is 0 Å². The number of anilines is 2. The number of carbonyl (C=O) groups excluding carboxylic acids is 2. The van der Waals surface area contributed by atoms with Crippen LogP contribution in [0.5, 0.6) is 0 Å². The van der Waals surface area contributed by atoms with Crippen LogP contribution in [0.1, 0.15) is 17.5 Å². The van der Waals surface area contributed by atoms with Crippen LogP contribution < -0.4 is 10.2 Å². The third-order valence-electron chi connectivity index (χ3n) is 4.40. The van der Waals surface area contributed by atoms with Gasteiger partial charge in [0.1, 0.15) is 0 Å². The van der Waals surface area contributed by atoms with E-state index in [0.717, 1.165) is 22.5 Å². The summed E-state index contributed by atoms with van der Waals surface area (Å²) in [7, 11) is 0. The van der Waals surface area contributed by atoms with Crippen LogP contribution in [0, 0.1) is 19.8 Å². The number of para-hydroxylation sites is 1. The van der Waals surface area contributed by atoms with E-state index in [9.17, 15) is 9.59 Å². The zero-order chi connectivity index (χ0) is 16.4. The molecular formula is C19H20N2O2. The molecule has 2 aromatic rings. The minimum absolute atomic E-state index is 0.00640. The molecule has 3 rings (SSSR count). The minimum Gasteiger partial charge on any atom is -0.326 e. The molecule has 4 heteroatoms. The Morgan fingerprint density at radius 1 is 1.09 bits per heavy atom. The topological polar surface area (TPSA) is 49.4 Å². The number of hydrogen-bond donors (Lipinski definition) is 1. The van der Waals surface area contributed by atoms with Gasteiger partial charge in [0, 0.05) is 24.3 Å². The van der Waals surface area contributed by atoms with Crippen molar-refractivity contribution < 1.29 is 9.59 Å². The minimum atomic E-state index is -0.317. The fourth-order valence-electron chi connectivity index (χ4n) is 2.91. The molecule has 0 bridgehead atoms. The molecule has 0 spiro atoms. The zero-order valence-corrected chi connectivity index (χ0v) is 13.4. The number of amides is 2. The first kappa shape index (κ1) is 15.3. The van der Waals surface area contributed by atoms with E-state index in [1.165, 1.54) is 0 Å². The Morgan fingerprint density at radius 3 is 2.57 bits per heavy atom. The van der Waals surface area contributed by atoms with Crippen LogP contribution in [0.15, 0.2) is 48.5 Å². The third kappa shape index (κ3) is 3.11. The number of carbonyl (C=O) groups is 2. The second-order valence-corrected chi connectivity index (χ2v) is 5.98.